The molecule has 4 rings (SSSR count). The van der Waals surface area contributed by atoms with Crippen molar-refractivity contribution in [2.45, 2.75) is 32.9 Å². The minimum Gasteiger partial charge on any atom is -0.328 e. The summed E-state index contributed by atoms with van der Waals surface area (Å²) >= 11 is 0. The SMILES string of the molecule is Cc1cccc(C)c1NC(=O)[C@H](c1ccccc1)N(C)C(=O)[C@H](C)N1C(=O)c2ccccc2C1=O. The maximum Gasteiger partial charge on any atom is 0.262 e. The fourth-order valence-corrected chi connectivity index (χ4v) is 4.48. The topological polar surface area (TPSA) is 86.8 Å². The number of hydrogen-bond donors (Lipinski definition) is 1. The van der Waals surface area contributed by atoms with E-state index in [0.717, 1.165) is 16.0 Å². The standard InChI is InChI=1S/C28H27N3O4/c1-17-11-10-12-18(2)23(17)29-25(32)24(20-13-6-5-7-14-20)30(4)26(33)19(3)31-27(34)21-15-8-9-16-22(21)28(31)35/h5-16,19,24H,1-4H3,(H,29,32)/t19-,24-/m0/s1. The Bertz CT molecular complexity index is 1260. The highest BCUT2D eigenvalue weighted by molar-refractivity contribution is 6.22. The average Bonchev–Trinajstić information content (AvgIpc) is 3.11. The highest BCUT2D eigenvalue weighted by atomic mass is 16.2. The first-order valence-electron chi connectivity index (χ1n) is 11.4. The van der Waals surface area contributed by atoms with E-state index in [1.54, 1.807) is 48.5 Å². The van der Waals surface area contributed by atoms with Crippen LogP contribution >= 0.6 is 0 Å². The Morgan fingerprint density at radius 1 is 0.800 bits per heavy atom. The molecule has 0 saturated heterocycles. The molecule has 0 spiro atoms. The summed E-state index contributed by atoms with van der Waals surface area (Å²) in [6.45, 7) is 5.31. The van der Waals surface area contributed by atoms with Crippen LogP contribution in [-0.4, -0.2) is 46.5 Å². The van der Waals surface area contributed by atoms with Gasteiger partial charge in [0.1, 0.15) is 12.1 Å². The number of nitrogens with zero attached hydrogens (tertiary/aromatic N) is 2. The fourth-order valence-electron chi connectivity index (χ4n) is 4.48. The molecular formula is C28H27N3O4. The van der Waals surface area contributed by atoms with E-state index in [1.807, 2.05) is 38.1 Å². The van der Waals surface area contributed by atoms with Gasteiger partial charge >= 0.3 is 0 Å². The van der Waals surface area contributed by atoms with E-state index in [0.29, 0.717) is 11.3 Å². The van der Waals surface area contributed by atoms with Crippen molar-refractivity contribution >= 4 is 29.3 Å². The van der Waals surface area contributed by atoms with Gasteiger partial charge in [0.15, 0.2) is 0 Å². The van der Waals surface area contributed by atoms with Gasteiger partial charge in [0.25, 0.3) is 17.7 Å². The number of benzene rings is 3. The van der Waals surface area contributed by atoms with E-state index in [9.17, 15) is 19.2 Å². The van der Waals surface area contributed by atoms with Crippen LogP contribution in [-0.2, 0) is 9.59 Å². The van der Waals surface area contributed by atoms with Gasteiger partial charge in [-0.25, -0.2) is 0 Å². The normalized spacial score (nSPS) is 14.3. The third-order valence-electron chi connectivity index (χ3n) is 6.40. The first-order chi connectivity index (χ1) is 16.7. The molecule has 1 aliphatic heterocycles. The van der Waals surface area contributed by atoms with Crippen LogP contribution in [0, 0.1) is 13.8 Å². The number of hydrogen-bond acceptors (Lipinski definition) is 4. The van der Waals surface area contributed by atoms with Crippen LogP contribution < -0.4 is 5.32 Å². The van der Waals surface area contributed by atoms with Crippen molar-refractivity contribution < 1.29 is 19.2 Å². The number of likely N-dealkylation sites (N-methyl/N-ethyl adjacent to an activating group) is 1. The quantitative estimate of drug-likeness (QED) is 0.550. The summed E-state index contributed by atoms with van der Waals surface area (Å²) in [5.41, 5.74) is 3.64. The van der Waals surface area contributed by atoms with Crippen LogP contribution in [0.1, 0.15) is 50.4 Å². The Balaban J connectivity index is 1.64. The molecule has 3 aromatic carbocycles. The number of carbonyl (C=O) groups is 4. The number of amides is 4. The van der Waals surface area contributed by atoms with E-state index in [-0.39, 0.29) is 17.0 Å². The summed E-state index contributed by atoms with van der Waals surface area (Å²) in [7, 11) is 1.51. The summed E-state index contributed by atoms with van der Waals surface area (Å²) < 4.78 is 0. The van der Waals surface area contributed by atoms with Crippen molar-refractivity contribution in [3.8, 4) is 0 Å². The molecule has 0 saturated carbocycles. The second-order valence-electron chi connectivity index (χ2n) is 8.72. The molecule has 0 aliphatic carbocycles. The number of carbonyl (C=O) groups excluding carboxylic acids is 4. The van der Waals surface area contributed by atoms with E-state index in [4.69, 9.17) is 0 Å². The van der Waals surface area contributed by atoms with Gasteiger partial charge in [0, 0.05) is 12.7 Å². The van der Waals surface area contributed by atoms with Crippen molar-refractivity contribution in [1.29, 1.82) is 0 Å². The summed E-state index contributed by atoms with van der Waals surface area (Å²) in [6.07, 6.45) is 0. The highest BCUT2D eigenvalue weighted by Crippen LogP contribution is 2.29. The lowest BCUT2D eigenvalue weighted by Gasteiger charge is -2.32. The molecule has 1 heterocycles. The predicted molar refractivity (Wildman–Crippen MR) is 133 cm³/mol. The molecule has 0 fully saturated rings. The van der Waals surface area contributed by atoms with E-state index in [2.05, 4.69) is 5.32 Å². The molecule has 1 aliphatic rings. The average molecular weight is 470 g/mol. The van der Waals surface area contributed by atoms with Gasteiger partial charge in [0.2, 0.25) is 5.91 Å². The first kappa shape index (κ1) is 23.9. The van der Waals surface area contributed by atoms with Crippen molar-refractivity contribution in [1.82, 2.24) is 9.80 Å². The first-order valence-corrected chi connectivity index (χ1v) is 11.4. The molecule has 178 valence electrons. The van der Waals surface area contributed by atoms with Gasteiger partial charge in [-0.1, -0.05) is 60.7 Å². The minimum atomic E-state index is -1.09. The number of rotatable bonds is 6. The smallest absolute Gasteiger partial charge is 0.262 e. The molecule has 35 heavy (non-hydrogen) atoms. The largest absolute Gasteiger partial charge is 0.328 e. The third kappa shape index (κ3) is 4.33. The van der Waals surface area contributed by atoms with Gasteiger partial charge < -0.3 is 10.2 Å². The Morgan fingerprint density at radius 3 is 1.86 bits per heavy atom. The Morgan fingerprint density at radius 2 is 1.31 bits per heavy atom. The molecular weight excluding hydrogens is 442 g/mol. The Kier molecular flexibility index (Phi) is 6.51. The molecule has 2 atom stereocenters. The third-order valence-corrected chi connectivity index (χ3v) is 6.40. The molecule has 0 bridgehead atoms. The Labute approximate surface area is 204 Å². The van der Waals surface area contributed by atoms with Crippen LogP contribution in [0.4, 0.5) is 5.69 Å². The van der Waals surface area contributed by atoms with Gasteiger partial charge in [-0.2, -0.15) is 0 Å². The van der Waals surface area contributed by atoms with Crippen LogP contribution in [0.5, 0.6) is 0 Å². The molecule has 0 aromatic heterocycles. The number of nitrogens with one attached hydrogen (secondary N) is 1. The van der Waals surface area contributed by atoms with Gasteiger partial charge in [0.05, 0.1) is 11.1 Å². The van der Waals surface area contributed by atoms with E-state index < -0.39 is 29.8 Å². The molecule has 7 nitrogen and oxygen atoms in total. The van der Waals surface area contributed by atoms with E-state index in [1.165, 1.54) is 18.9 Å². The van der Waals surface area contributed by atoms with Crippen LogP contribution in [0.3, 0.4) is 0 Å². The second-order valence-corrected chi connectivity index (χ2v) is 8.72. The molecule has 3 aromatic rings. The maximum atomic E-state index is 13.6. The summed E-state index contributed by atoms with van der Waals surface area (Å²) in [5, 5.41) is 2.97. The molecule has 7 heteroatoms. The second kappa shape index (κ2) is 9.54. The zero-order chi connectivity index (χ0) is 25.3. The molecule has 1 N–H and O–H groups in total. The predicted octanol–water partition coefficient (Wildman–Crippen LogP) is 4.13. The summed E-state index contributed by atoms with van der Waals surface area (Å²) in [5.74, 6) is -1.95. The van der Waals surface area contributed by atoms with Crippen molar-refractivity contribution in [3.63, 3.8) is 0 Å². The Hall–Kier alpha value is -4.26. The molecule has 0 unspecified atom stereocenters. The fraction of sp³-hybridized carbons (Fsp3) is 0.214. The van der Waals surface area contributed by atoms with Crippen molar-refractivity contribution in [2.75, 3.05) is 12.4 Å². The number of anilines is 1. The van der Waals surface area contributed by atoms with Gasteiger partial charge in [-0.05, 0) is 49.6 Å². The zero-order valence-corrected chi connectivity index (χ0v) is 20.1. The van der Waals surface area contributed by atoms with Crippen molar-refractivity contribution in [3.05, 3.63) is 101 Å². The number of fused-ring (bicyclic) bond motifs is 1. The van der Waals surface area contributed by atoms with E-state index >= 15 is 0 Å². The number of para-hydroxylation sites is 1. The van der Waals surface area contributed by atoms with Crippen molar-refractivity contribution in [2.24, 2.45) is 0 Å². The summed E-state index contributed by atoms with van der Waals surface area (Å²) in [4.78, 5) is 55.2. The number of imide groups is 1. The zero-order valence-electron chi connectivity index (χ0n) is 20.1. The van der Waals surface area contributed by atoms with Crippen LogP contribution in [0.2, 0.25) is 0 Å². The van der Waals surface area contributed by atoms with Gasteiger partial charge in [-0.15, -0.1) is 0 Å². The monoisotopic (exact) mass is 469 g/mol. The minimum absolute atomic E-state index is 0.271. The van der Waals surface area contributed by atoms with Gasteiger partial charge in [-0.3, -0.25) is 24.1 Å². The lowest BCUT2D eigenvalue weighted by atomic mass is 10.0. The summed E-state index contributed by atoms with van der Waals surface area (Å²) in [6, 6.07) is 19.1. The lowest BCUT2D eigenvalue weighted by Crippen LogP contribution is -2.50. The molecule has 4 amide bonds. The van der Waals surface area contributed by atoms with Crippen LogP contribution in [0.15, 0.2) is 72.8 Å². The lowest BCUT2D eigenvalue weighted by molar-refractivity contribution is -0.140. The highest BCUT2D eigenvalue weighted by Gasteiger charge is 2.43. The molecule has 0 radical (unpaired) electrons. The number of aryl methyl sites for hydroxylation is 2. The van der Waals surface area contributed by atoms with Crippen LogP contribution in [0.25, 0.3) is 0 Å². The maximum absolute atomic E-state index is 13.6.